The Bertz CT molecular complexity index is 2020. The molecule has 0 unspecified atom stereocenters. The zero-order valence-electron chi connectivity index (χ0n) is 25.6. The number of aromatic nitrogens is 2. The van der Waals surface area contributed by atoms with Crippen molar-refractivity contribution in [1.29, 1.82) is 0 Å². The number of carbonyl (C=O) groups is 1. The molecule has 3 heterocycles. The first-order valence-corrected chi connectivity index (χ1v) is 18.1. The summed E-state index contributed by atoms with van der Waals surface area (Å²) in [4.78, 5) is 22.9. The van der Waals surface area contributed by atoms with E-state index in [1.165, 1.54) is 12.3 Å². The van der Waals surface area contributed by atoms with Gasteiger partial charge in [-0.25, -0.2) is 13.4 Å². The third kappa shape index (κ3) is 6.09. The molecule has 1 aliphatic heterocycles. The lowest BCUT2D eigenvalue weighted by molar-refractivity contribution is -0.125. The molecular formula is C31H32F5N5O4S2. The second-order valence-corrected chi connectivity index (χ2v) is 16.3. The molecule has 16 heteroatoms. The molecule has 2 aromatic heterocycles. The smallest absolute Gasteiger partial charge is 0.310 e. The maximum Gasteiger partial charge on any atom is 0.310 e. The number of anilines is 2. The lowest BCUT2D eigenvalue weighted by atomic mass is 9.64. The number of hydrogen-bond donors (Lipinski definition) is 1. The minimum absolute atomic E-state index is 0.0289. The van der Waals surface area contributed by atoms with E-state index in [-0.39, 0.29) is 36.2 Å². The van der Waals surface area contributed by atoms with Crippen molar-refractivity contribution in [2.75, 3.05) is 43.9 Å². The predicted molar refractivity (Wildman–Crippen MR) is 171 cm³/mol. The summed E-state index contributed by atoms with van der Waals surface area (Å²) in [5.41, 5.74) is 2.73. The van der Waals surface area contributed by atoms with Crippen molar-refractivity contribution in [1.82, 2.24) is 14.9 Å². The highest BCUT2D eigenvalue weighted by molar-refractivity contribution is 8.45. The normalized spacial score (nSPS) is 17.4. The summed E-state index contributed by atoms with van der Waals surface area (Å²) in [6.07, 6.45) is 6.15. The van der Waals surface area contributed by atoms with Crippen LogP contribution in [0.5, 0.6) is 5.88 Å². The largest absolute Gasteiger partial charge is 0.476 e. The minimum atomic E-state index is -10.0. The van der Waals surface area contributed by atoms with Gasteiger partial charge in [-0.15, -0.1) is 0 Å². The van der Waals surface area contributed by atoms with Crippen LogP contribution in [0.1, 0.15) is 31.2 Å². The van der Waals surface area contributed by atoms with E-state index < -0.39 is 35.5 Å². The molecule has 0 saturated heterocycles. The van der Waals surface area contributed by atoms with E-state index in [0.717, 1.165) is 35.9 Å². The van der Waals surface area contributed by atoms with Gasteiger partial charge in [-0.05, 0) is 81.4 Å². The summed E-state index contributed by atoms with van der Waals surface area (Å²) in [6.45, 7) is 0.849. The van der Waals surface area contributed by atoms with E-state index in [4.69, 9.17) is 4.74 Å². The van der Waals surface area contributed by atoms with E-state index >= 15 is 0 Å². The number of benzene rings is 2. The number of nitrogens with zero attached hydrogens (tertiary/aromatic N) is 4. The van der Waals surface area contributed by atoms with Crippen LogP contribution in [0.25, 0.3) is 22.0 Å². The number of nitrogens with one attached hydrogen (secondary N) is 1. The lowest BCUT2D eigenvalue weighted by Gasteiger charge is -2.40. The van der Waals surface area contributed by atoms with E-state index in [9.17, 15) is 32.6 Å². The van der Waals surface area contributed by atoms with Gasteiger partial charge < -0.3 is 14.5 Å². The molecule has 2 aliphatic rings. The monoisotopic (exact) mass is 697 g/mol. The highest BCUT2D eigenvalue weighted by Crippen LogP contribution is 3.02. The van der Waals surface area contributed by atoms with Gasteiger partial charge in [0.05, 0.1) is 34.3 Å². The predicted octanol–water partition coefficient (Wildman–Crippen LogP) is 7.48. The van der Waals surface area contributed by atoms with Crippen molar-refractivity contribution in [3.8, 4) is 17.0 Å². The first-order chi connectivity index (χ1) is 21.8. The van der Waals surface area contributed by atoms with E-state index in [1.807, 2.05) is 25.1 Å². The molecule has 6 rings (SSSR count). The van der Waals surface area contributed by atoms with Crippen molar-refractivity contribution < 1.29 is 37.4 Å². The van der Waals surface area contributed by atoms with Gasteiger partial charge in [0.25, 0.3) is 10.0 Å². The number of sulfonamides is 1. The highest BCUT2D eigenvalue weighted by atomic mass is 32.5. The van der Waals surface area contributed by atoms with Gasteiger partial charge >= 0.3 is 10.2 Å². The number of carbonyl (C=O) groups excluding carboxylic acids is 1. The molecule has 0 radical (unpaired) electrons. The van der Waals surface area contributed by atoms with Crippen molar-refractivity contribution in [2.45, 2.75) is 40.9 Å². The van der Waals surface area contributed by atoms with Gasteiger partial charge in [-0.2, -0.15) is 0 Å². The van der Waals surface area contributed by atoms with E-state index in [2.05, 4.69) is 14.7 Å². The van der Waals surface area contributed by atoms with Crippen molar-refractivity contribution in [2.24, 2.45) is 0 Å². The summed E-state index contributed by atoms with van der Waals surface area (Å²) >= 11 is 0. The van der Waals surface area contributed by atoms with Gasteiger partial charge in [0.2, 0.25) is 11.8 Å². The number of halogens is 5. The van der Waals surface area contributed by atoms with Crippen LogP contribution in [0.3, 0.4) is 0 Å². The van der Waals surface area contributed by atoms with Gasteiger partial charge in [-0.1, -0.05) is 31.9 Å². The molecule has 1 saturated carbocycles. The maximum atomic E-state index is 13.3. The Morgan fingerprint density at radius 1 is 0.979 bits per heavy atom. The molecule has 1 N–H and O–H groups in total. The van der Waals surface area contributed by atoms with E-state index in [1.54, 1.807) is 30.3 Å². The van der Waals surface area contributed by atoms with Gasteiger partial charge in [0.1, 0.15) is 10.6 Å². The summed E-state index contributed by atoms with van der Waals surface area (Å²) in [5, 5.41) is 0.785. The maximum absolute atomic E-state index is 13.3. The third-order valence-corrected chi connectivity index (χ3v) is 11.2. The molecule has 2 aromatic carbocycles. The van der Waals surface area contributed by atoms with Crippen LogP contribution in [-0.2, 0) is 20.2 Å². The molecule has 1 aliphatic carbocycles. The van der Waals surface area contributed by atoms with E-state index in [0.29, 0.717) is 41.7 Å². The molecule has 0 atom stereocenters. The molecule has 252 valence electrons. The van der Waals surface area contributed by atoms with Crippen molar-refractivity contribution in [3.05, 3.63) is 66.5 Å². The quantitative estimate of drug-likeness (QED) is 0.135. The molecule has 1 spiro atoms. The standard InChI is InChI=1S/C31H32F5N5O4S2/c1-40(2)14-5-15-45-29-26(39-46(43,44)22-7-9-23(10-8-22)47(32,33,34,35)36)17-21(18-38-29)20-6-11-25-24(16-20)28-27(19-37-25)41(3)30(42)31(28)12-4-13-31/h6-11,16-19,39H,4-5,12-15H2,1-3H3. The lowest BCUT2D eigenvalue weighted by Crippen LogP contribution is -2.43. The van der Waals surface area contributed by atoms with Crippen molar-refractivity contribution in [3.63, 3.8) is 0 Å². The second kappa shape index (κ2) is 10.5. The van der Waals surface area contributed by atoms with Crippen molar-refractivity contribution >= 4 is 48.4 Å². The summed E-state index contributed by atoms with van der Waals surface area (Å²) in [5.74, 6) is -0.0510. The Kier molecular flexibility index (Phi) is 7.34. The van der Waals surface area contributed by atoms with Gasteiger partial charge in [0.15, 0.2) is 0 Å². The summed E-state index contributed by atoms with van der Waals surface area (Å²) < 4.78 is 101. The number of likely N-dealkylation sites (N-methyl/N-ethyl adjacent to an activating group) is 1. The second-order valence-electron chi connectivity index (χ2n) is 12.2. The summed E-state index contributed by atoms with van der Waals surface area (Å²) in [7, 11) is -9.09. The van der Waals surface area contributed by atoms with Gasteiger partial charge in [-0.3, -0.25) is 14.5 Å². The van der Waals surface area contributed by atoms with Gasteiger partial charge in [0, 0.05) is 36.3 Å². The Labute approximate surface area is 268 Å². The topological polar surface area (TPSA) is 105 Å². The molecular weight excluding hydrogens is 665 g/mol. The zero-order valence-corrected chi connectivity index (χ0v) is 27.3. The Morgan fingerprint density at radius 2 is 1.68 bits per heavy atom. The average molecular weight is 698 g/mol. The Balaban J connectivity index is 1.39. The Hall–Kier alpha value is -4.02. The number of pyridine rings is 2. The SMILES string of the molecule is CN(C)CCCOc1ncc(-c2ccc3ncc4c(c3c2)C2(CCC2)C(=O)N4C)cc1NS(=O)(=O)c1ccc(S(F)(F)(F)(F)F)cc1. The highest BCUT2D eigenvalue weighted by Gasteiger charge is 2.65. The van der Waals surface area contributed by atoms with Crippen LogP contribution in [-0.4, -0.2) is 63.5 Å². The van der Waals surface area contributed by atoms with Crippen LogP contribution in [0, 0.1) is 0 Å². The molecule has 47 heavy (non-hydrogen) atoms. The minimum Gasteiger partial charge on any atom is -0.476 e. The number of hydrogen-bond acceptors (Lipinski definition) is 7. The average Bonchev–Trinajstić information content (AvgIpc) is 3.21. The van der Waals surface area contributed by atoms with Crippen LogP contribution in [0.4, 0.5) is 30.8 Å². The summed E-state index contributed by atoms with van der Waals surface area (Å²) in [6, 6.07) is 7.95. The first-order valence-electron chi connectivity index (χ1n) is 14.7. The molecule has 9 nitrogen and oxygen atoms in total. The Morgan fingerprint density at radius 3 is 2.30 bits per heavy atom. The zero-order chi connectivity index (χ0) is 34.1. The van der Waals surface area contributed by atoms with Crippen LogP contribution >= 0.6 is 10.2 Å². The fraction of sp³-hybridized carbons (Fsp3) is 0.323. The number of amides is 1. The number of rotatable bonds is 10. The van der Waals surface area contributed by atoms with Crippen LogP contribution < -0.4 is 14.4 Å². The fourth-order valence-electron chi connectivity index (χ4n) is 6.08. The molecule has 4 aromatic rings. The molecule has 0 bridgehead atoms. The third-order valence-electron chi connectivity index (χ3n) is 8.61. The number of ether oxygens (including phenoxy) is 1. The number of fused-ring (bicyclic) bond motifs is 4. The van der Waals surface area contributed by atoms with Crippen LogP contribution in [0.2, 0.25) is 0 Å². The molecule has 1 fully saturated rings. The van der Waals surface area contributed by atoms with Crippen LogP contribution in [0.15, 0.2) is 70.7 Å². The fourth-order valence-corrected chi connectivity index (χ4v) is 7.78. The first kappa shape index (κ1) is 32.9. The molecule has 1 amide bonds.